The van der Waals surface area contributed by atoms with Gasteiger partial charge in [-0.2, -0.15) is 0 Å². The highest BCUT2D eigenvalue weighted by atomic mass is 15.3. The zero-order valence-corrected chi connectivity index (χ0v) is 11.3. The van der Waals surface area contributed by atoms with Crippen molar-refractivity contribution in [2.24, 2.45) is 5.73 Å². The molecule has 5 heteroatoms. The molecule has 0 aliphatic carbocycles. The van der Waals surface area contributed by atoms with Crippen LogP contribution in [0.15, 0.2) is 12.4 Å². The maximum absolute atomic E-state index is 5.81. The Morgan fingerprint density at radius 3 is 2.44 bits per heavy atom. The van der Waals surface area contributed by atoms with Crippen LogP contribution in [0.4, 0.5) is 5.82 Å². The van der Waals surface area contributed by atoms with Crippen LogP contribution in [-0.2, 0) is 0 Å². The predicted octanol–water partition coefficient (Wildman–Crippen LogP) is 0.644. The molecular formula is C13H23N5. The van der Waals surface area contributed by atoms with Crippen LogP contribution >= 0.6 is 0 Å². The number of aryl methyl sites for hydroxylation is 1. The van der Waals surface area contributed by atoms with Gasteiger partial charge in [0.1, 0.15) is 5.82 Å². The molecule has 1 aliphatic rings. The SMILES string of the molecule is CCC(CN)N1CCN(c2nccnc2C)CC1. The molecule has 100 valence electrons. The molecule has 1 atom stereocenters. The third kappa shape index (κ3) is 2.79. The average molecular weight is 249 g/mol. The first-order valence-electron chi connectivity index (χ1n) is 6.73. The third-order valence-corrected chi connectivity index (χ3v) is 3.73. The molecule has 1 aliphatic heterocycles. The molecule has 0 radical (unpaired) electrons. The average Bonchev–Trinajstić information content (AvgIpc) is 2.42. The molecular weight excluding hydrogens is 226 g/mol. The van der Waals surface area contributed by atoms with E-state index < -0.39 is 0 Å². The van der Waals surface area contributed by atoms with Crippen molar-refractivity contribution < 1.29 is 0 Å². The van der Waals surface area contributed by atoms with Crippen molar-refractivity contribution in [1.29, 1.82) is 0 Å². The summed E-state index contributed by atoms with van der Waals surface area (Å²) in [5.41, 5.74) is 6.82. The van der Waals surface area contributed by atoms with E-state index in [2.05, 4.69) is 26.7 Å². The van der Waals surface area contributed by atoms with Crippen LogP contribution in [0.5, 0.6) is 0 Å². The minimum absolute atomic E-state index is 0.523. The lowest BCUT2D eigenvalue weighted by molar-refractivity contribution is 0.184. The molecule has 18 heavy (non-hydrogen) atoms. The predicted molar refractivity (Wildman–Crippen MR) is 73.7 cm³/mol. The molecule has 0 spiro atoms. The van der Waals surface area contributed by atoms with Gasteiger partial charge in [0.2, 0.25) is 0 Å². The van der Waals surface area contributed by atoms with Crippen molar-refractivity contribution in [3.8, 4) is 0 Å². The zero-order chi connectivity index (χ0) is 13.0. The van der Waals surface area contributed by atoms with Gasteiger partial charge in [0.25, 0.3) is 0 Å². The van der Waals surface area contributed by atoms with Gasteiger partial charge < -0.3 is 10.6 Å². The van der Waals surface area contributed by atoms with Crippen LogP contribution in [0.3, 0.4) is 0 Å². The molecule has 5 nitrogen and oxygen atoms in total. The summed E-state index contributed by atoms with van der Waals surface area (Å²) in [5.74, 6) is 1.03. The monoisotopic (exact) mass is 249 g/mol. The summed E-state index contributed by atoms with van der Waals surface area (Å²) in [6, 6.07) is 0.523. The Balaban J connectivity index is 1.96. The van der Waals surface area contributed by atoms with Crippen LogP contribution in [-0.4, -0.2) is 53.6 Å². The number of aromatic nitrogens is 2. The van der Waals surface area contributed by atoms with Gasteiger partial charge >= 0.3 is 0 Å². The first-order chi connectivity index (χ1) is 8.76. The Labute approximate surface area is 109 Å². The van der Waals surface area contributed by atoms with Crippen LogP contribution in [0.25, 0.3) is 0 Å². The standard InChI is InChI=1S/C13H23N5/c1-3-12(10-14)17-6-8-18(9-7-17)13-11(2)15-4-5-16-13/h4-5,12H,3,6-10,14H2,1-2H3. The fourth-order valence-corrected chi connectivity index (χ4v) is 2.58. The van der Waals surface area contributed by atoms with Crippen LogP contribution < -0.4 is 10.6 Å². The van der Waals surface area contributed by atoms with E-state index >= 15 is 0 Å². The number of nitrogens with zero attached hydrogens (tertiary/aromatic N) is 4. The fourth-order valence-electron chi connectivity index (χ4n) is 2.58. The van der Waals surface area contributed by atoms with Crippen molar-refractivity contribution in [3.63, 3.8) is 0 Å². The van der Waals surface area contributed by atoms with E-state index in [9.17, 15) is 0 Å². The number of nitrogens with two attached hydrogens (primary N) is 1. The topological polar surface area (TPSA) is 58.3 Å². The van der Waals surface area contributed by atoms with Crippen LogP contribution in [0.2, 0.25) is 0 Å². The molecule has 2 rings (SSSR count). The molecule has 0 aromatic carbocycles. The molecule has 1 unspecified atom stereocenters. The van der Waals surface area contributed by atoms with E-state index in [-0.39, 0.29) is 0 Å². The molecule has 1 aromatic heterocycles. The molecule has 0 amide bonds. The number of piperazine rings is 1. The maximum Gasteiger partial charge on any atom is 0.150 e. The number of anilines is 1. The van der Waals surface area contributed by atoms with E-state index in [1.165, 1.54) is 0 Å². The molecule has 2 N–H and O–H groups in total. The highest BCUT2D eigenvalue weighted by molar-refractivity contribution is 5.42. The van der Waals surface area contributed by atoms with Gasteiger partial charge in [0, 0.05) is 51.2 Å². The molecule has 1 fully saturated rings. The normalized spacial score (nSPS) is 18.9. The van der Waals surface area contributed by atoms with Gasteiger partial charge in [-0.25, -0.2) is 4.98 Å². The summed E-state index contributed by atoms with van der Waals surface area (Å²) in [6.07, 6.45) is 4.64. The molecule has 2 heterocycles. The van der Waals surface area contributed by atoms with E-state index in [0.29, 0.717) is 6.04 Å². The highest BCUT2D eigenvalue weighted by Crippen LogP contribution is 2.17. The Morgan fingerprint density at radius 1 is 1.22 bits per heavy atom. The minimum atomic E-state index is 0.523. The summed E-state index contributed by atoms with van der Waals surface area (Å²) in [5, 5.41) is 0. The number of rotatable bonds is 4. The summed E-state index contributed by atoms with van der Waals surface area (Å²) >= 11 is 0. The second-order valence-corrected chi connectivity index (χ2v) is 4.79. The molecule has 0 bridgehead atoms. The quantitative estimate of drug-likeness (QED) is 0.849. The zero-order valence-electron chi connectivity index (χ0n) is 11.3. The van der Waals surface area contributed by atoms with Gasteiger partial charge in [0.05, 0.1) is 5.69 Å². The number of hydrogen-bond donors (Lipinski definition) is 1. The summed E-state index contributed by atoms with van der Waals surface area (Å²) < 4.78 is 0. The summed E-state index contributed by atoms with van der Waals surface area (Å²) in [6.45, 7) is 9.12. The largest absolute Gasteiger partial charge is 0.353 e. The minimum Gasteiger partial charge on any atom is -0.353 e. The van der Waals surface area contributed by atoms with Crippen molar-refractivity contribution >= 4 is 5.82 Å². The lowest BCUT2D eigenvalue weighted by Crippen LogP contribution is -2.52. The second-order valence-electron chi connectivity index (χ2n) is 4.79. The Morgan fingerprint density at radius 2 is 1.89 bits per heavy atom. The fraction of sp³-hybridized carbons (Fsp3) is 0.692. The Kier molecular flexibility index (Phi) is 4.49. The van der Waals surface area contributed by atoms with E-state index in [1.54, 1.807) is 12.4 Å². The van der Waals surface area contributed by atoms with E-state index in [0.717, 1.165) is 50.7 Å². The van der Waals surface area contributed by atoms with E-state index in [4.69, 9.17) is 5.73 Å². The molecule has 1 aromatic rings. The van der Waals surface area contributed by atoms with Crippen LogP contribution in [0, 0.1) is 6.92 Å². The number of hydrogen-bond acceptors (Lipinski definition) is 5. The van der Waals surface area contributed by atoms with Crippen LogP contribution in [0.1, 0.15) is 19.0 Å². The third-order valence-electron chi connectivity index (χ3n) is 3.73. The van der Waals surface area contributed by atoms with Crippen molar-refractivity contribution in [2.45, 2.75) is 26.3 Å². The van der Waals surface area contributed by atoms with Crippen molar-refractivity contribution in [1.82, 2.24) is 14.9 Å². The molecule has 1 saturated heterocycles. The summed E-state index contributed by atoms with van der Waals surface area (Å²) in [7, 11) is 0. The van der Waals surface area contributed by atoms with Gasteiger partial charge in [-0.1, -0.05) is 6.92 Å². The van der Waals surface area contributed by atoms with Crippen molar-refractivity contribution in [3.05, 3.63) is 18.1 Å². The smallest absolute Gasteiger partial charge is 0.150 e. The van der Waals surface area contributed by atoms with Gasteiger partial charge in [-0.05, 0) is 13.3 Å². The van der Waals surface area contributed by atoms with Crippen molar-refractivity contribution in [2.75, 3.05) is 37.6 Å². The lowest BCUT2D eigenvalue weighted by atomic mass is 10.1. The Bertz CT molecular complexity index is 369. The van der Waals surface area contributed by atoms with Gasteiger partial charge in [-0.15, -0.1) is 0 Å². The summed E-state index contributed by atoms with van der Waals surface area (Å²) in [4.78, 5) is 13.5. The highest BCUT2D eigenvalue weighted by Gasteiger charge is 2.23. The molecule has 0 saturated carbocycles. The van der Waals surface area contributed by atoms with Gasteiger partial charge in [0.15, 0.2) is 0 Å². The lowest BCUT2D eigenvalue weighted by Gasteiger charge is -2.39. The van der Waals surface area contributed by atoms with Gasteiger partial charge in [-0.3, -0.25) is 9.88 Å². The second kappa shape index (κ2) is 6.11. The first kappa shape index (κ1) is 13.2. The first-order valence-corrected chi connectivity index (χ1v) is 6.73. The van der Waals surface area contributed by atoms with E-state index in [1.807, 2.05) is 6.92 Å². The maximum atomic E-state index is 5.81. The Hall–Kier alpha value is -1.20.